The maximum absolute atomic E-state index is 13.2. The summed E-state index contributed by atoms with van der Waals surface area (Å²) in [5.74, 6) is -1.18. The van der Waals surface area contributed by atoms with Crippen LogP contribution in [0.1, 0.15) is 12.8 Å². The van der Waals surface area contributed by atoms with Crippen molar-refractivity contribution in [3.05, 3.63) is 34.1 Å². The van der Waals surface area contributed by atoms with Crippen molar-refractivity contribution in [3.63, 3.8) is 0 Å². The third kappa shape index (κ3) is 3.16. The number of hydrogen-bond acceptors (Lipinski definition) is 4. The molecule has 0 aromatic heterocycles. The molecule has 0 unspecified atom stereocenters. The van der Waals surface area contributed by atoms with E-state index in [9.17, 15) is 19.3 Å². The predicted molar refractivity (Wildman–Crippen MR) is 59.7 cm³/mol. The summed E-state index contributed by atoms with van der Waals surface area (Å²) < 4.78 is 18.3. The Morgan fingerprint density at radius 3 is 2.83 bits per heavy atom. The molecule has 0 bridgehead atoms. The number of carbonyl (C=O) groups is 1. The smallest absolute Gasteiger partial charge is 0.305 e. The number of halogens is 1. The lowest BCUT2D eigenvalue weighted by molar-refractivity contribution is -0.387. The van der Waals surface area contributed by atoms with Crippen molar-refractivity contribution in [2.24, 2.45) is 0 Å². The third-order valence-corrected chi connectivity index (χ3v) is 2.43. The van der Waals surface area contributed by atoms with E-state index >= 15 is 0 Å². The third-order valence-electron chi connectivity index (χ3n) is 2.43. The fourth-order valence-electron chi connectivity index (χ4n) is 1.37. The monoisotopic (exact) mass is 254 g/mol. The normalized spacial score (nSPS) is 14.1. The number of nitro benzene ring substituents is 1. The quantitative estimate of drug-likeness (QED) is 0.636. The van der Waals surface area contributed by atoms with Crippen LogP contribution >= 0.6 is 0 Å². The van der Waals surface area contributed by atoms with Crippen LogP contribution in [-0.4, -0.2) is 23.5 Å². The molecule has 1 N–H and O–H groups in total. The van der Waals surface area contributed by atoms with E-state index in [4.69, 9.17) is 4.74 Å². The topological polar surface area (TPSA) is 81.5 Å². The summed E-state index contributed by atoms with van der Waals surface area (Å²) in [6, 6.07) is 3.38. The molecule has 18 heavy (non-hydrogen) atoms. The number of carbonyl (C=O) groups excluding carboxylic acids is 1. The van der Waals surface area contributed by atoms with Gasteiger partial charge in [-0.1, -0.05) is 0 Å². The van der Waals surface area contributed by atoms with E-state index in [1.54, 1.807) is 0 Å². The fraction of sp³-hybridized carbons (Fsp3) is 0.364. The standard InChI is InChI=1S/C11H11FN2O4/c12-9-5-8(3-4-10(9)14(16)17)18-6-11(15)13-7-1-2-7/h3-5,7H,1-2,6H2,(H,13,15). The molecule has 2 rings (SSSR count). The number of amides is 1. The van der Waals surface area contributed by atoms with Crippen LogP contribution in [0, 0.1) is 15.9 Å². The Balaban J connectivity index is 1.90. The number of nitrogens with one attached hydrogen (secondary N) is 1. The average molecular weight is 254 g/mol. The number of ether oxygens (including phenoxy) is 1. The number of benzene rings is 1. The summed E-state index contributed by atoms with van der Waals surface area (Å²) in [6.45, 7) is -0.228. The van der Waals surface area contributed by atoms with Crippen molar-refractivity contribution >= 4 is 11.6 Å². The first-order valence-corrected chi connectivity index (χ1v) is 5.42. The van der Waals surface area contributed by atoms with Crippen molar-refractivity contribution < 1.29 is 18.8 Å². The van der Waals surface area contributed by atoms with Crippen molar-refractivity contribution in [2.45, 2.75) is 18.9 Å². The molecule has 1 aromatic rings. The zero-order valence-electron chi connectivity index (χ0n) is 9.39. The van der Waals surface area contributed by atoms with Gasteiger partial charge in [-0.05, 0) is 18.9 Å². The van der Waals surface area contributed by atoms with E-state index in [2.05, 4.69) is 5.32 Å². The molecule has 96 valence electrons. The lowest BCUT2D eigenvalue weighted by atomic mass is 10.3. The van der Waals surface area contributed by atoms with Crippen molar-refractivity contribution in [3.8, 4) is 5.75 Å². The van der Waals surface area contributed by atoms with Gasteiger partial charge in [0, 0.05) is 18.2 Å². The SMILES string of the molecule is O=C(COc1ccc([N+](=O)[O-])c(F)c1)NC1CC1. The maximum atomic E-state index is 13.2. The maximum Gasteiger partial charge on any atom is 0.305 e. The highest BCUT2D eigenvalue weighted by molar-refractivity contribution is 5.78. The van der Waals surface area contributed by atoms with Gasteiger partial charge in [-0.3, -0.25) is 14.9 Å². The lowest BCUT2D eigenvalue weighted by Crippen LogP contribution is -2.30. The van der Waals surface area contributed by atoms with Gasteiger partial charge < -0.3 is 10.1 Å². The molecule has 1 amide bonds. The largest absolute Gasteiger partial charge is 0.484 e. The highest BCUT2D eigenvalue weighted by atomic mass is 19.1. The summed E-state index contributed by atoms with van der Waals surface area (Å²) in [5, 5.41) is 13.1. The minimum absolute atomic E-state index is 0.0871. The van der Waals surface area contributed by atoms with Crippen LogP contribution in [-0.2, 0) is 4.79 Å². The van der Waals surface area contributed by atoms with Gasteiger partial charge in [0.1, 0.15) is 5.75 Å². The van der Waals surface area contributed by atoms with Crippen LogP contribution < -0.4 is 10.1 Å². The molecule has 0 atom stereocenters. The van der Waals surface area contributed by atoms with Gasteiger partial charge >= 0.3 is 5.69 Å². The van der Waals surface area contributed by atoms with Crippen molar-refractivity contribution in [2.75, 3.05) is 6.61 Å². The molecule has 0 aliphatic heterocycles. The summed E-state index contributed by atoms with van der Waals surface area (Å²) in [4.78, 5) is 20.9. The molecule has 1 aliphatic carbocycles. The summed E-state index contributed by atoms with van der Waals surface area (Å²) in [5.41, 5.74) is -0.621. The minimum atomic E-state index is -0.986. The number of nitro groups is 1. The molecular formula is C11H11FN2O4. The number of rotatable bonds is 5. The van der Waals surface area contributed by atoms with E-state index in [0.717, 1.165) is 25.0 Å². The van der Waals surface area contributed by atoms with Gasteiger partial charge in [0.05, 0.1) is 4.92 Å². The first kappa shape index (κ1) is 12.3. The molecule has 1 saturated carbocycles. The Bertz CT molecular complexity index is 488. The van der Waals surface area contributed by atoms with Crippen molar-refractivity contribution in [1.82, 2.24) is 5.32 Å². The molecular weight excluding hydrogens is 243 g/mol. The Morgan fingerprint density at radius 2 is 2.28 bits per heavy atom. The van der Waals surface area contributed by atoms with Gasteiger partial charge in [-0.15, -0.1) is 0 Å². The predicted octanol–water partition coefficient (Wildman–Crippen LogP) is 1.39. The van der Waals surface area contributed by atoms with Gasteiger partial charge in [0.2, 0.25) is 5.82 Å². The highest BCUT2D eigenvalue weighted by Crippen LogP contribution is 2.22. The van der Waals surface area contributed by atoms with Crippen LogP contribution in [0.4, 0.5) is 10.1 Å². The van der Waals surface area contributed by atoms with Crippen LogP contribution in [0.2, 0.25) is 0 Å². The molecule has 7 heteroatoms. The Morgan fingerprint density at radius 1 is 1.56 bits per heavy atom. The van der Waals surface area contributed by atoms with E-state index in [1.807, 2.05) is 0 Å². The Hall–Kier alpha value is -2.18. The Labute approximate surface area is 102 Å². The number of hydrogen-bond donors (Lipinski definition) is 1. The molecule has 1 aliphatic rings. The summed E-state index contributed by atoms with van der Waals surface area (Å²) in [7, 11) is 0. The highest BCUT2D eigenvalue weighted by Gasteiger charge is 2.23. The second-order valence-corrected chi connectivity index (χ2v) is 4.00. The van der Waals surface area contributed by atoms with Crippen LogP contribution in [0.15, 0.2) is 18.2 Å². The van der Waals surface area contributed by atoms with Gasteiger partial charge in [-0.2, -0.15) is 4.39 Å². The van der Waals surface area contributed by atoms with E-state index in [1.165, 1.54) is 6.07 Å². The molecule has 0 spiro atoms. The number of nitrogens with zero attached hydrogens (tertiary/aromatic N) is 1. The molecule has 0 radical (unpaired) electrons. The minimum Gasteiger partial charge on any atom is -0.484 e. The van der Waals surface area contributed by atoms with Crippen LogP contribution in [0.5, 0.6) is 5.75 Å². The van der Waals surface area contributed by atoms with Gasteiger partial charge in [0.25, 0.3) is 5.91 Å². The van der Waals surface area contributed by atoms with Crippen LogP contribution in [0.3, 0.4) is 0 Å². The van der Waals surface area contributed by atoms with Gasteiger partial charge in [0.15, 0.2) is 6.61 Å². The zero-order valence-corrected chi connectivity index (χ0v) is 9.39. The molecule has 6 nitrogen and oxygen atoms in total. The van der Waals surface area contributed by atoms with E-state index < -0.39 is 16.4 Å². The lowest BCUT2D eigenvalue weighted by Gasteiger charge is -2.06. The summed E-state index contributed by atoms with van der Waals surface area (Å²) >= 11 is 0. The van der Waals surface area contributed by atoms with Crippen molar-refractivity contribution in [1.29, 1.82) is 0 Å². The second-order valence-electron chi connectivity index (χ2n) is 4.00. The van der Waals surface area contributed by atoms with E-state index in [0.29, 0.717) is 0 Å². The average Bonchev–Trinajstić information content (AvgIpc) is 3.10. The molecule has 1 fully saturated rings. The van der Waals surface area contributed by atoms with Crippen LogP contribution in [0.25, 0.3) is 0 Å². The first-order chi connectivity index (χ1) is 8.56. The second kappa shape index (κ2) is 4.99. The molecule has 1 aromatic carbocycles. The first-order valence-electron chi connectivity index (χ1n) is 5.42. The Kier molecular flexibility index (Phi) is 3.40. The molecule has 0 heterocycles. The fourth-order valence-corrected chi connectivity index (χ4v) is 1.37. The molecule has 0 saturated heterocycles. The summed E-state index contributed by atoms with van der Waals surface area (Å²) in [6.07, 6.45) is 1.94. The zero-order chi connectivity index (χ0) is 13.1. The van der Waals surface area contributed by atoms with Gasteiger partial charge in [-0.25, -0.2) is 0 Å². The van der Waals surface area contributed by atoms with E-state index in [-0.39, 0.29) is 24.3 Å².